The number of carbonyl (C=O) groups is 1. The fraction of sp³-hybridized carbons (Fsp3) is 0.172. The Morgan fingerprint density at radius 2 is 1.66 bits per heavy atom. The van der Waals surface area contributed by atoms with Gasteiger partial charge in [-0.1, -0.05) is 12.8 Å². The number of aromatic amines is 2. The molecule has 1 fully saturated rings. The molecule has 1 aliphatic rings. The summed E-state index contributed by atoms with van der Waals surface area (Å²) in [5.41, 5.74) is 7.61. The Balaban J connectivity index is 1.25. The first-order chi connectivity index (χ1) is 18.7. The number of hydrogen-bond acceptors (Lipinski definition) is 6. The van der Waals surface area contributed by atoms with E-state index < -0.39 is 0 Å². The number of amides is 1. The second-order valence-electron chi connectivity index (χ2n) is 9.66. The van der Waals surface area contributed by atoms with Crippen LogP contribution >= 0.6 is 0 Å². The van der Waals surface area contributed by atoms with E-state index in [1.165, 1.54) is 0 Å². The number of nitrogens with one attached hydrogen (secondary N) is 3. The molecule has 0 aromatic carbocycles. The maximum absolute atomic E-state index is 12.6. The number of anilines is 1. The Kier molecular flexibility index (Phi) is 5.39. The van der Waals surface area contributed by atoms with E-state index in [1.54, 1.807) is 37.2 Å². The molecule has 6 aromatic heterocycles. The number of pyridine rings is 4. The lowest BCUT2D eigenvalue weighted by Crippen LogP contribution is -2.20. The highest BCUT2D eigenvalue weighted by Gasteiger charge is 2.23. The van der Waals surface area contributed by atoms with Crippen molar-refractivity contribution in [3.05, 3.63) is 73.6 Å². The van der Waals surface area contributed by atoms with E-state index in [0.717, 1.165) is 81.4 Å². The fourth-order valence-corrected chi connectivity index (χ4v) is 5.28. The van der Waals surface area contributed by atoms with Crippen molar-refractivity contribution >= 4 is 33.4 Å². The average molecular weight is 501 g/mol. The Hall–Kier alpha value is -4.92. The topological polar surface area (TPSA) is 125 Å². The van der Waals surface area contributed by atoms with Crippen molar-refractivity contribution in [2.75, 3.05) is 5.32 Å². The van der Waals surface area contributed by atoms with Gasteiger partial charge in [-0.2, -0.15) is 5.10 Å². The Morgan fingerprint density at radius 3 is 2.53 bits per heavy atom. The van der Waals surface area contributed by atoms with E-state index in [4.69, 9.17) is 0 Å². The number of aromatic nitrogens is 7. The SMILES string of the molecule is O=C(Nc1cncc(-c2cc3c(-c4cc5c(-c6ccncc6)nccc5[nH]4)n[nH]c3cn2)c1)C1CCCC1. The van der Waals surface area contributed by atoms with Crippen LogP contribution in [0.25, 0.3) is 55.7 Å². The molecule has 0 unspecified atom stereocenters. The van der Waals surface area contributed by atoms with Crippen molar-refractivity contribution in [2.45, 2.75) is 25.7 Å². The lowest BCUT2D eigenvalue weighted by Gasteiger charge is -2.11. The number of carbonyl (C=O) groups excluding carboxylic acids is 1. The van der Waals surface area contributed by atoms with E-state index in [2.05, 4.69) is 46.5 Å². The summed E-state index contributed by atoms with van der Waals surface area (Å²) in [6.45, 7) is 0. The monoisotopic (exact) mass is 500 g/mol. The molecule has 1 amide bonds. The molecule has 9 heteroatoms. The van der Waals surface area contributed by atoms with Crippen LogP contribution in [0.5, 0.6) is 0 Å². The lowest BCUT2D eigenvalue weighted by molar-refractivity contribution is -0.119. The molecule has 0 aliphatic heterocycles. The highest BCUT2D eigenvalue weighted by atomic mass is 16.1. The van der Waals surface area contributed by atoms with Gasteiger partial charge in [-0.05, 0) is 49.2 Å². The van der Waals surface area contributed by atoms with Gasteiger partial charge in [-0.25, -0.2) is 0 Å². The molecule has 0 spiro atoms. The smallest absolute Gasteiger partial charge is 0.227 e. The molecule has 3 N–H and O–H groups in total. The molecule has 1 aliphatic carbocycles. The molecule has 0 radical (unpaired) electrons. The molecule has 6 heterocycles. The lowest BCUT2D eigenvalue weighted by atomic mass is 10.1. The number of nitrogens with zero attached hydrogens (tertiary/aromatic N) is 5. The highest BCUT2D eigenvalue weighted by Crippen LogP contribution is 2.34. The Labute approximate surface area is 217 Å². The summed E-state index contributed by atoms with van der Waals surface area (Å²) in [5.74, 6) is 0.161. The molecule has 6 aromatic rings. The summed E-state index contributed by atoms with van der Waals surface area (Å²) in [7, 11) is 0. The number of H-pyrrole nitrogens is 2. The molecule has 0 bridgehead atoms. The largest absolute Gasteiger partial charge is 0.353 e. The van der Waals surface area contributed by atoms with E-state index >= 15 is 0 Å². The molecule has 186 valence electrons. The van der Waals surface area contributed by atoms with Gasteiger partial charge in [0.2, 0.25) is 5.91 Å². The highest BCUT2D eigenvalue weighted by molar-refractivity contribution is 6.00. The van der Waals surface area contributed by atoms with E-state index in [-0.39, 0.29) is 11.8 Å². The minimum atomic E-state index is 0.0708. The number of rotatable bonds is 5. The molecule has 38 heavy (non-hydrogen) atoms. The van der Waals surface area contributed by atoms with Gasteiger partial charge in [-0.15, -0.1) is 0 Å². The first-order valence-corrected chi connectivity index (χ1v) is 12.7. The summed E-state index contributed by atoms with van der Waals surface area (Å²) in [4.78, 5) is 33.8. The second kappa shape index (κ2) is 9.19. The van der Waals surface area contributed by atoms with Crippen LogP contribution in [0, 0.1) is 5.92 Å². The second-order valence-corrected chi connectivity index (χ2v) is 9.66. The molecule has 0 saturated heterocycles. The van der Waals surface area contributed by atoms with Gasteiger partial charge in [0.05, 0.1) is 40.7 Å². The van der Waals surface area contributed by atoms with Gasteiger partial charge in [0.15, 0.2) is 0 Å². The summed E-state index contributed by atoms with van der Waals surface area (Å²) < 4.78 is 0. The molecule has 0 atom stereocenters. The minimum Gasteiger partial charge on any atom is -0.353 e. The first kappa shape index (κ1) is 22.3. The quantitative estimate of drug-likeness (QED) is 0.277. The van der Waals surface area contributed by atoms with Crippen LogP contribution in [0.15, 0.2) is 73.6 Å². The van der Waals surface area contributed by atoms with Crippen molar-refractivity contribution in [3.63, 3.8) is 0 Å². The standard InChI is InChI=1S/C29H24N8O/c38-29(18-3-1-2-4-18)34-20-11-19(14-31-15-20)24-12-22-26(16-33-24)36-37-28(22)25-13-21-23(35-25)7-10-32-27(21)17-5-8-30-9-6-17/h5-16,18,35H,1-4H2,(H,34,38)(H,36,37). The van der Waals surface area contributed by atoms with Crippen LogP contribution in [0.3, 0.4) is 0 Å². The maximum atomic E-state index is 12.6. The predicted octanol–water partition coefficient (Wildman–Crippen LogP) is 5.75. The Morgan fingerprint density at radius 1 is 0.816 bits per heavy atom. The van der Waals surface area contributed by atoms with Crippen LogP contribution in [0.2, 0.25) is 0 Å². The van der Waals surface area contributed by atoms with E-state index in [1.807, 2.05) is 30.3 Å². The first-order valence-electron chi connectivity index (χ1n) is 12.7. The van der Waals surface area contributed by atoms with Crippen LogP contribution in [0.4, 0.5) is 5.69 Å². The summed E-state index contributed by atoms with van der Waals surface area (Å²) in [6, 6.07) is 11.9. The maximum Gasteiger partial charge on any atom is 0.227 e. The van der Waals surface area contributed by atoms with Crippen molar-refractivity contribution in [2.24, 2.45) is 5.92 Å². The summed E-state index contributed by atoms with van der Waals surface area (Å²) >= 11 is 0. The zero-order valence-corrected chi connectivity index (χ0v) is 20.5. The van der Waals surface area contributed by atoms with Crippen molar-refractivity contribution in [1.29, 1.82) is 0 Å². The van der Waals surface area contributed by atoms with Crippen molar-refractivity contribution in [1.82, 2.24) is 35.1 Å². The van der Waals surface area contributed by atoms with Gasteiger partial charge in [0.1, 0.15) is 5.69 Å². The zero-order chi connectivity index (χ0) is 25.5. The van der Waals surface area contributed by atoms with Crippen LogP contribution in [-0.4, -0.2) is 41.0 Å². The van der Waals surface area contributed by atoms with Crippen molar-refractivity contribution < 1.29 is 4.79 Å². The van der Waals surface area contributed by atoms with Gasteiger partial charge >= 0.3 is 0 Å². The number of hydrogen-bond donors (Lipinski definition) is 3. The fourth-order valence-electron chi connectivity index (χ4n) is 5.28. The molecular formula is C29H24N8O. The third kappa shape index (κ3) is 3.98. The normalized spacial score (nSPS) is 13.9. The summed E-state index contributed by atoms with van der Waals surface area (Å²) in [6.07, 6.45) is 14.7. The van der Waals surface area contributed by atoms with Gasteiger partial charge in [0.25, 0.3) is 0 Å². The Bertz CT molecular complexity index is 1780. The third-order valence-corrected chi connectivity index (χ3v) is 7.23. The van der Waals surface area contributed by atoms with Crippen molar-refractivity contribution in [3.8, 4) is 33.9 Å². The minimum absolute atomic E-state index is 0.0708. The average Bonchev–Trinajstić information content (AvgIpc) is 3.73. The van der Waals surface area contributed by atoms with Crippen LogP contribution in [0.1, 0.15) is 25.7 Å². The van der Waals surface area contributed by atoms with Gasteiger partial charge in [0, 0.05) is 58.1 Å². The molecule has 1 saturated carbocycles. The van der Waals surface area contributed by atoms with E-state index in [0.29, 0.717) is 5.69 Å². The molecule has 9 nitrogen and oxygen atoms in total. The van der Waals surface area contributed by atoms with E-state index in [9.17, 15) is 4.79 Å². The summed E-state index contributed by atoms with van der Waals surface area (Å²) in [5, 5.41) is 12.7. The molecule has 7 rings (SSSR count). The van der Waals surface area contributed by atoms with Crippen LogP contribution in [-0.2, 0) is 4.79 Å². The molecular weight excluding hydrogens is 476 g/mol. The predicted molar refractivity (Wildman–Crippen MR) is 146 cm³/mol. The number of fused-ring (bicyclic) bond motifs is 2. The van der Waals surface area contributed by atoms with Crippen LogP contribution < -0.4 is 5.32 Å². The van der Waals surface area contributed by atoms with Gasteiger partial charge < -0.3 is 10.3 Å². The zero-order valence-electron chi connectivity index (χ0n) is 20.5. The third-order valence-electron chi connectivity index (χ3n) is 7.23. The van der Waals surface area contributed by atoms with Gasteiger partial charge in [-0.3, -0.25) is 29.8 Å².